The standard InChI is InChI=1S/C22H22N8O2/c1-29(24)21(28-23)30-18-12-6-5-11-17(18)26-22(30)32-14-16-10-7-13-19(25-16)27-20(31)15-8-3-2-4-9-15/h2-13H,14,23-24H2,1H3,(H,25,27,31)/b28-21+. The van der Waals surface area contributed by atoms with Crippen LogP contribution in [0.2, 0.25) is 0 Å². The molecule has 0 bridgehead atoms. The van der Waals surface area contributed by atoms with Crippen LogP contribution < -0.4 is 21.7 Å². The monoisotopic (exact) mass is 430 g/mol. The summed E-state index contributed by atoms with van der Waals surface area (Å²) in [7, 11) is 1.62. The molecule has 0 aliphatic carbocycles. The summed E-state index contributed by atoms with van der Waals surface area (Å²) in [6.45, 7) is 0.102. The second kappa shape index (κ2) is 9.14. The van der Waals surface area contributed by atoms with E-state index in [9.17, 15) is 4.79 Å². The second-order valence-corrected chi connectivity index (χ2v) is 6.88. The molecule has 0 radical (unpaired) electrons. The van der Waals surface area contributed by atoms with Crippen LogP contribution in [0.25, 0.3) is 11.0 Å². The lowest BCUT2D eigenvalue weighted by molar-refractivity contribution is 0.102. The minimum Gasteiger partial charge on any atom is -0.458 e. The van der Waals surface area contributed by atoms with Crippen molar-refractivity contribution in [3.05, 3.63) is 84.1 Å². The Bertz CT molecular complexity index is 1270. The number of carbonyl (C=O) groups is 1. The number of anilines is 1. The highest BCUT2D eigenvalue weighted by Crippen LogP contribution is 2.22. The molecule has 2 aromatic heterocycles. The minimum absolute atomic E-state index is 0.102. The SMILES string of the molecule is CN(N)/C(=N\N)n1c(OCc2cccc(NC(=O)c3ccccc3)n2)nc2ccccc21. The lowest BCUT2D eigenvalue weighted by atomic mass is 10.2. The summed E-state index contributed by atoms with van der Waals surface area (Å²) in [4.78, 5) is 21.4. The number of fused-ring (bicyclic) bond motifs is 1. The Labute approximate surface area is 184 Å². The predicted molar refractivity (Wildman–Crippen MR) is 122 cm³/mol. The van der Waals surface area contributed by atoms with Crippen LogP contribution in [0.4, 0.5) is 5.82 Å². The lowest BCUT2D eigenvalue weighted by Gasteiger charge is -2.17. The van der Waals surface area contributed by atoms with Gasteiger partial charge in [-0.1, -0.05) is 36.4 Å². The fourth-order valence-corrected chi connectivity index (χ4v) is 3.15. The fourth-order valence-electron chi connectivity index (χ4n) is 3.15. The van der Waals surface area contributed by atoms with Gasteiger partial charge >= 0.3 is 6.01 Å². The van der Waals surface area contributed by atoms with Crippen molar-refractivity contribution in [2.75, 3.05) is 12.4 Å². The number of amides is 1. The Hall–Kier alpha value is -4.44. The van der Waals surface area contributed by atoms with Crippen LogP contribution in [-0.2, 0) is 6.61 Å². The highest BCUT2D eigenvalue weighted by atomic mass is 16.5. The van der Waals surface area contributed by atoms with Gasteiger partial charge in [0.2, 0.25) is 5.96 Å². The van der Waals surface area contributed by atoms with E-state index in [1.54, 1.807) is 54.1 Å². The van der Waals surface area contributed by atoms with Gasteiger partial charge in [0.1, 0.15) is 12.4 Å². The van der Waals surface area contributed by atoms with Gasteiger partial charge in [0, 0.05) is 12.6 Å². The number of nitrogens with two attached hydrogens (primary N) is 2. The maximum atomic E-state index is 12.4. The van der Waals surface area contributed by atoms with E-state index >= 15 is 0 Å². The van der Waals surface area contributed by atoms with Gasteiger partial charge in [-0.15, -0.1) is 5.10 Å². The first-order valence-electron chi connectivity index (χ1n) is 9.76. The topological polar surface area (TPSA) is 137 Å². The van der Waals surface area contributed by atoms with E-state index in [1.807, 2.05) is 30.3 Å². The second-order valence-electron chi connectivity index (χ2n) is 6.88. The molecule has 0 spiro atoms. The number of rotatable bonds is 5. The maximum absolute atomic E-state index is 12.4. The summed E-state index contributed by atoms with van der Waals surface area (Å²) >= 11 is 0. The number of benzene rings is 2. The van der Waals surface area contributed by atoms with Crippen LogP contribution >= 0.6 is 0 Å². The number of ether oxygens (including phenoxy) is 1. The number of nitrogens with zero attached hydrogens (tertiary/aromatic N) is 5. The zero-order valence-electron chi connectivity index (χ0n) is 17.3. The molecule has 0 atom stereocenters. The van der Waals surface area contributed by atoms with E-state index in [4.69, 9.17) is 16.4 Å². The summed E-state index contributed by atoms with van der Waals surface area (Å²) in [5.74, 6) is 11.9. The quantitative estimate of drug-likeness (QED) is 0.191. The third-order valence-corrected chi connectivity index (χ3v) is 4.59. The highest BCUT2D eigenvalue weighted by Gasteiger charge is 2.19. The van der Waals surface area contributed by atoms with Crippen LogP contribution in [0, 0.1) is 0 Å². The summed E-state index contributed by atoms with van der Waals surface area (Å²) in [5.41, 5.74) is 2.58. The third-order valence-electron chi connectivity index (χ3n) is 4.59. The number of hydrogen-bond donors (Lipinski definition) is 3. The first-order valence-corrected chi connectivity index (χ1v) is 9.76. The number of hydrazine groups is 1. The number of imidazole rings is 1. The number of pyridine rings is 1. The van der Waals surface area contributed by atoms with Gasteiger partial charge in [0.05, 0.1) is 16.7 Å². The zero-order valence-corrected chi connectivity index (χ0v) is 17.3. The molecule has 1 amide bonds. The molecule has 10 nitrogen and oxygen atoms in total. The van der Waals surface area contributed by atoms with Gasteiger partial charge in [-0.3, -0.25) is 9.80 Å². The van der Waals surface area contributed by atoms with Gasteiger partial charge in [-0.05, 0) is 36.4 Å². The molecule has 0 saturated carbocycles. The molecule has 10 heteroatoms. The number of hydrazone groups is 1. The number of nitrogens with one attached hydrogen (secondary N) is 1. The largest absolute Gasteiger partial charge is 0.458 e. The predicted octanol–water partition coefficient (Wildman–Crippen LogP) is 2.15. The molecular weight excluding hydrogens is 408 g/mol. The van der Waals surface area contributed by atoms with Gasteiger partial charge in [0.15, 0.2) is 0 Å². The van der Waals surface area contributed by atoms with Crippen LogP contribution in [0.1, 0.15) is 16.1 Å². The number of carbonyl (C=O) groups excluding carboxylic acids is 1. The van der Waals surface area contributed by atoms with E-state index in [0.29, 0.717) is 22.6 Å². The van der Waals surface area contributed by atoms with Crippen molar-refractivity contribution >= 4 is 28.7 Å². The summed E-state index contributed by atoms with van der Waals surface area (Å²) < 4.78 is 7.57. The molecule has 5 N–H and O–H groups in total. The molecule has 0 unspecified atom stereocenters. The molecule has 4 aromatic rings. The van der Waals surface area contributed by atoms with Gasteiger partial charge in [0.25, 0.3) is 5.91 Å². The smallest absolute Gasteiger partial charge is 0.304 e. The van der Waals surface area contributed by atoms with Crippen LogP contribution in [0.5, 0.6) is 6.01 Å². The molecular formula is C22H22N8O2. The molecule has 0 aliphatic heterocycles. The molecule has 0 fully saturated rings. The normalized spacial score (nSPS) is 11.4. The number of aromatic nitrogens is 3. The summed E-state index contributed by atoms with van der Waals surface area (Å²) in [6.07, 6.45) is 0. The molecule has 2 heterocycles. The van der Waals surface area contributed by atoms with E-state index in [-0.39, 0.29) is 24.5 Å². The van der Waals surface area contributed by atoms with Crippen molar-refractivity contribution < 1.29 is 9.53 Å². The van der Waals surface area contributed by atoms with Crippen molar-refractivity contribution in [1.82, 2.24) is 19.5 Å². The average Bonchev–Trinajstić information content (AvgIpc) is 3.17. The van der Waals surface area contributed by atoms with E-state index in [0.717, 1.165) is 5.52 Å². The Morgan fingerprint density at radius 2 is 1.81 bits per heavy atom. The lowest BCUT2D eigenvalue weighted by Crippen LogP contribution is -2.39. The third kappa shape index (κ3) is 4.35. The van der Waals surface area contributed by atoms with Gasteiger partial charge in [-0.25, -0.2) is 15.4 Å². The molecule has 4 rings (SSSR count). The van der Waals surface area contributed by atoms with Crippen molar-refractivity contribution in [2.24, 2.45) is 16.8 Å². The van der Waals surface area contributed by atoms with Crippen molar-refractivity contribution in [3.63, 3.8) is 0 Å². The maximum Gasteiger partial charge on any atom is 0.304 e. The van der Waals surface area contributed by atoms with Gasteiger partial charge < -0.3 is 15.9 Å². The van der Waals surface area contributed by atoms with Gasteiger partial charge in [-0.2, -0.15) is 4.98 Å². The molecule has 32 heavy (non-hydrogen) atoms. The average molecular weight is 430 g/mol. The Balaban J connectivity index is 1.55. The molecule has 0 aliphatic rings. The molecule has 2 aromatic carbocycles. The van der Waals surface area contributed by atoms with Crippen molar-refractivity contribution in [1.29, 1.82) is 0 Å². The summed E-state index contributed by atoms with van der Waals surface area (Å²) in [5, 5.41) is 7.83. The highest BCUT2D eigenvalue weighted by molar-refractivity contribution is 6.03. The van der Waals surface area contributed by atoms with Crippen molar-refractivity contribution in [3.8, 4) is 6.01 Å². The first kappa shape index (κ1) is 20.8. The van der Waals surface area contributed by atoms with Crippen LogP contribution in [-0.4, -0.2) is 38.5 Å². The fraction of sp³-hybridized carbons (Fsp3) is 0.0909. The van der Waals surface area contributed by atoms with Crippen molar-refractivity contribution in [2.45, 2.75) is 6.61 Å². The Kier molecular flexibility index (Phi) is 5.95. The van der Waals surface area contributed by atoms with E-state index in [1.165, 1.54) is 5.01 Å². The Morgan fingerprint density at radius 1 is 1.06 bits per heavy atom. The minimum atomic E-state index is -0.243. The van der Waals surface area contributed by atoms with Crippen LogP contribution in [0.3, 0.4) is 0 Å². The number of hydrogen-bond acceptors (Lipinski definition) is 7. The molecule has 0 saturated heterocycles. The Morgan fingerprint density at radius 3 is 2.56 bits per heavy atom. The van der Waals surface area contributed by atoms with E-state index in [2.05, 4.69) is 20.4 Å². The molecule has 162 valence electrons. The first-order chi connectivity index (χ1) is 15.6. The van der Waals surface area contributed by atoms with Crippen LogP contribution in [0.15, 0.2) is 77.9 Å². The summed E-state index contributed by atoms with van der Waals surface area (Å²) in [6, 6.07) is 21.9. The van der Waals surface area contributed by atoms with E-state index < -0.39 is 0 Å². The zero-order chi connectivity index (χ0) is 22.5. The number of para-hydroxylation sites is 2.